The Morgan fingerprint density at radius 3 is 2.85 bits per heavy atom. The van der Waals surface area contributed by atoms with Gasteiger partial charge in [-0.25, -0.2) is 0 Å². The van der Waals surface area contributed by atoms with Gasteiger partial charge in [0, 0.05) is 37.3 Å². The fourth-order valence-electron chi connectivity index (χ4n) is 4.21. The number of fused-ring (bicyclic) bond motifs is 4. The van der Waals surface area contributed by atoms with Crippen LogP contribution in [0.4, 0.5) is 0 Å². The Hall–Kier alpha value is -2.08. The van der Waals surface area contributed by atoms with Gasteiger partial charge in [0.25, 0.3) is 5.56 Å². The Balaban J connectivity index is 1.51. The van der Waals surface area contributed by atoms with Crippen molar-refractivity contribution in [3.63, 3.8) is 0 Å². The van der Waals surface area contributed by atoms with Gasteiger partial charge in [-0.3, -0.25) is 9.59 Å². The predicted molar refractivity (Wildman–Crippen MR) is 103 cm³/mol. The molecule has 2 bridgehead atoms. The minimum atomic E-state index is 0.0695. The molecule has 1 aromatic heterocycles. The van der Waals surface area contributed by atoms with Crippen molar-refractivity contribution in [1.29, 1.82) is 0 Å². The third kappa shape index (κ3) is 3.18. The molecule has 1 aromatic carbocycles. The van der Waals surface area contributed by atoms with Crippen molar-refractivity contribution in [3.8, 4) is 5.75 Å². The summed E-state index contributed by atoms with van der Waals surface area (Å²) in [6.07, 6.45) is 1.44. The number of hydrogen-bond donors (Lipinski definition) is 0. The topological polar surface area (TPSA) is 51.5 Å². The summed E-state index contributed by atoms with van der Waals surface area (Å²) in [5.74, 6) is 1.51. The van der Waals surface area contributed by atoms with Crippen LogP contribution in [0, 0.1) is 5.92 Å². The first-order valence-electron chi connectivity index (χ1n) is 8.85. The van der Waals surface area contributed by atoms with Gasteiger partial charge in [-0.2, -0.15) is 0 Å². The van der Waals surface area contributed by atoms with Crippen LogP contribution in [0.15, 0.2) is 45.7 Å². The predicted octanol–water partition coefficient (Wildman–Crippen LogP) is 2.81. The van der Waals surface area contributed by atoms with Crippen molar-refractivity contribution in [1.82, 2.24) is 9.47 Å². The maximum atomic E-state index is 12.9. The molecule has 3 heterocycles. The highest BCUT2D eigenvalue weighted by Crippen LogP contribution is 2.35. The van der Waals surface area contributed by atoms with Gasteiger partial charge in [-0.15, -0.1) is 0 Å². The Bertz CT molecular complexity index is 908. The quantitative estimate of drug-likeness (QED) is 0.772. The molecule has 2 aromatic rings. The van der Waals surface area contributed by atoms with Gasteiger partial charge in [0.1, 0.15) is 5.75 Å². The molecule has 4 rings (SSSR count). The van der Waals surface area contributed by atoms with Gasteiger partial charge >= 0.3 is 0 Å². The summed E-state index contributed by atoms with van der Waals surface area (Å²) in [6, 6.07) is 11.2. The monoisotopic (exact) mass is 416 g/mol. The number of benzene rings is 1. The number of likely N-dealkylation sites (tertiary alicyclic amines) is 1. The summed E-state index contributed by atoms with van der Waals surface area (Å²) in [7, 11) is 1.63. The Kier molecular flexibility index (Phi) is 4.61. The van der Waals surface area contributed by atoms with E-state index in [1.54, 1.807) is 13.2 Å². The zero-order valence-corrected chi connectivity index (χ0v) is 16.2. The van der Waals surface area contributed by atoms with Gasteiger partial charge < -0.3 is 14.2 Å². The average Bonchev–Trinajstić information content (AvgIpc) is 2.63. The maximum Gasteiger partial charge on any atom is 0.250 e. The highest BCUT2D eigenvalue weighted by molar-refractivity contribution is 9.10. The molecule has 0 aliphatic carbocycles. The molecule has 2 aliphatic heterocycles. The van der Waals surface area contributed by atoms with Crippen molar-refractivity contribution >= 4 is 21.8 Å². The summed E-state index contributed by atoms with van der Waals surface area (Å²) in [4.78, 5) is 26.9. The van der Waals surface area contributed by atoms with E-state index in [0.29, 0.717) is 25.4 Å². The smallest absolute Gasteiger partial charge is 0.250 e. The summed E-state index contributed by atoms with van der Waals surface area (Å²) < 4.78 is 7.99. The molecule has 0 N–H and O–H groups in total. The number of ether oxygens (including phenoxy) is 1. The molecular weight excluding hydrogens is 396 g/mol. The number of carbonyl (C=O) groups is 1. The minimum Gasteiger partial charge on any atom is -0.496 e. The van der Waals surface area contributed by atoms with Gasteiger partial charge in [-0.05, 0) is 52.0 Å². The number of piperidine rings is 1. The van der Waals surface area contributed by atoms with E-state index in [4.69, 9.17) is 4.74 Å². The van der Waals surface area contributed by atoms with Crippen LogP contribution in [0.2, 0.25) is 0 Å². The summed E-state index contributed by atoms with van der Waals surface area (Å²) in [5.41, 5.74) is 2.11. The van der Waals surface area contributed by atoms with Crippen LogP contribution in [0.5, 0.6) is 5.75 Å². The molecule has 1 amide bonds. The number of pyridine rings is 1. The number of rotatable bonds is 3. The lowest BCUT2D eigenvalue weighted by Gasteiger charge is -2.42. The van der Waals surface area contributed by atoms with Gasteiger partial charge in [0.15, 0.2) is 0 Å². The fourth-order valence-corrected chi connectivity index (χ4v) is 4.79. The average molecular weight is 417 g/mol. The van der Waals surface area contributed by atoms with Gasteiger partial charge in [0.05, 0.1) is 18.0 Å². The summed E-state index contributed by atoms with van der Waals surface area (Å²) in [6.45, 7) is 2.13. The molecule has 0 saturated carbocycles. The van der Waals surface area contributed by atoms with E-state index in [1.165, 1.54) is 0 Å². The van der Waals surface area contributed by atoms with Crippen molar-refractivity contribution in [2.75, 3.05) is 20.2 Å². The van der Waals surface area contributed by atoms with Crippen LogP contribution in [-0.4, -0.2) is 35.6 Å². The van der Waals surface area contributed by atoms with Crippen LogP contribution in [0.1, 0.15) is 23.6 Å². The number of methoxy groups -OCH3 is 1. The second kappa shape index (κ2) is 6.91. The number of halogens is 1. The lowest BCUT2D eigenvalue weighted by molar-refractivity contribution is -0.133. The Morgan fingerprint density at radius 1 is 1.23 bits per heavy atom. The second-order valence-corrected chi connectivity index (χ2v) is 8.00. The molecule has 1 fully saturated rings. The normalized spacial score (nSPS) is 21.2. The molecule has 2 aliphatic rings. The van der Waals surface area contributed by atoms with E-state index in [0.717, 1.165) is 34.4 Å². The van der Waals surface area contributed by atoms with E-state index in [9.17, 15) is 9.59 Å². The SMILES string of the molecule is COc1ccc(CC(=O)N2C[C@@H]3C[C@H](C2)c2cccc(=O)n2C3)cc1Br. The number of nitrogens with zero attached hydrogens (tertiary/aromatic N) is 2. The molecule has 26 heavy (non-hydrogen) atoms. The first kappa shape index (κ1) is 17.3. The highest BCUT2D eigenvalue weighted by atomic mass is 79.9. The summed E-state index contributed by atoms with van der Waals surface area (Å²) in [5, 5.41) is 0. The molecule has 2 atom stereocenters. The Morgan fingerprint density at radius 2 is 2.08 bits per heavy atom. The molecule has 136 valence electrons. The molecule has 6 heteroatoms. The molecule has 0 radical (unpaired) electrons. The highest BCUT2D eigenvalue weighted by Gasteiger charge is 2.36. The molecule has 1 saturated heterocycles. The van der Waals surface area contributed by atoms with E-state index in [1.807, 2.05) is 39.8 Å². The zero-order chi connectivity index (χ0) is 18.3. The van der Waals surface area contributed by atoms with Gasteiger partial charge in [0.2, 0.25) is 5.91 Å². The summed E-state index contributed by atoms with van der Waals surface area (Å²) >= 11 is 3.48. The third-order valence-corrected chi connectivity index (χ3v) is 6.02. The lowest BCUT2D eigenvalue weighted by Crippen LogP contribution is -2.49. The van der Waals surface area contributed by atoms with Crippen LogP contribution < -0.4 is 10.3 Å². The standard InChI is InChI=1S/C20H21BrN2O3/c1-26-18-6-5-13(8-16(18)21)9-20(25)22-10-14-7-15(12-22)17-3-2-4-19(24)23(17)11-14/h2-6,8,14-15H,7,9-12H2,1H3/t14-,15+/m0/s1. The minimum absolute atomic E-state index is 0.0695. The van der Waals surface area contributed by atoms with E-state index < -0.39 is 0 Å². The van der Waals surface area contributed by atoms with Crippen molar-refractivity contribution in [3.05, 3.63) is 62.5 Å². The maximum absolute atomic E-state index is 12.9. The van der Waals surface area contributed by atoms with Crippen LogP contribution in [-0.2, 0) is 17.8 Å². The number of hydrogen-bond acceptors (Lipinski definition) is 3. The van der Waals surface area contributed by atoms with Crippen LogP contribution in [0.25, 0.3) is 0 Å². The van der Waals surface area contributed by atoms with Crippen LogP contribution in [0.3, 0.4) is 0 Å². The molecular formula is C20H21BrN2O3. The number of carbonyl (C=O) groups excluding carboxylic acids is 1. The lowest BCUT2D eigenvalue weighted by atomic mass is 9.83. The van der Waals surface area contributed by atoms with E-state index >= 15 is 0 Å². The second-order valence-electron chi connectivity index (χ2n) is 7.14. The fraction of sp³-hybridized carbons (Fsp3) is 0.400. The molecule has 0 spiro atoms. The van der Waals surface area contributed by atoms with Crippen molar-refractivity contribution < 1.29 is 9.53 Å². The first-order chi connectivity index (χ1) is 12.5. The number of aromatic nitrogens is 1. The third-order valence-electron chi connectivity index (χ3n) is 5.40. The van der Waals surface area contributed by atoms with Crippen LogP contribution >= 0.6 is 15.9 Å². The van der Waals surface area contributed by atoms with E-state index in [2.05, 4.69) is 15.9 Å². The molecule has 0 unspecified atom stereocenters. The largest absolute Gasteiger partial charge is 0.496 e. The Labute approximate surface area is 160 Å². The molecule has 5 nitrogen and oxygen atoms in total. The van der Waals surface area contributed by atoms with Gasteiger partial charge in [-0.1, -0.05) is 12.1 Å². The zero-order valence-electron chi connectivity index (χ0n) is 14.7. The first-order valence-corrected chi connectivity index (χ1v) is 9.64. The van der Waals surface area contributed by atoms with E-state index in [-0.39, 0.29) is 17.4 Å². The van der Waals surface area contributed by atoms with Crippen molar-refractivity contribution in [2.24, 2.45) is 5.92 Å². The van der Waals surface area contributed by atoms with Crippen molar-refractivity contribution in [2.45, 2.75) is 25.3 Å². The number of amides is 1.